The van der Waals surface area contributed by atoms with Crippen LogP contribution in [0.3, 0.4) is 0 Å². The molecule has 1 aromatic carbocycles. The Hall–Kier alpha value is -1.17. The van der Waals surface area contributed by atoms with Gasteiger partial charge < -0.3 is 0 Å². The second-order valence-electron chi connectivity index (χ2n) is 3.48. The standard InChI is InChI=1S/C13H8Se/c14-11-6-5-10-7-9-3-1-2-4-12(9)13(10)8-11/h1-8H. The Morgan fingerprint density at radius 2 is 1.79 bits per heavy atom. The quantitative estimate of drug-likeness (QED) is 0.614. The first-order valence-electron chi connectivity index (χ1n) is 4.60. The van der Waals surface area contributed by atoms with Gasteiger partial charge in [0.15, 0.2) is 0 Å². The topological polar surface area (TPSA) is 0 Å². The van der Waals surface area contributed by atoms with Crippen LogP contribution >= 0.6 is 0 Å². The SMILES string of the molecule is [Se]=C1C=CC2=Cc3ccccc3C2=C1. The molecule has 0 fully saturated rings. The number of hydrogen-bond acceptors (Lipinski definition) is 0. The Labute approximate surface area is 91.0 Å². The number of allylic oxidation sites excluding steroid dienone is 5. The molecule has 0 radical (unpaired) electrons. The normalized spacial score (nSPS) is 17.3. The summed E-state index contributed by atoms with van der Waals surface area (Å²) in [6, 6.07) is 8.51. The van der Waals surface area contributed by atoms with Crippen LogP contribution in [0.4, 0.5) is 0 Å². The maximum absolute atomic E-state index is 3.05. The van der Waals surface area contributed by atoms with Gasteiger partial charge in [-0.25, -0.2) is 0 Å². The van der Waals surface area contributed by atoms with Gasteiger partial charge >= 0.3 is 90.8 Å². The molecule has 14 heavy (non-hydrogen) atoms. The molecule has 0 unspecified atom stereocenters. The molecule has 2 aliphatic rings. The fourth-order valence-corrected chi connectivity index (χ4v) is 2.32. The van der Waals surface area contributed by atoms with Crippen molar-refractivity contribution in [3.8, 4) is 0 Å². The predicted molar refractivity (Wildman–Crippen MR) is 62.3 cm³/mol. The zero-order valence-electron chi connectivity index (χ0n) is 7.53. The van der Waals surface area contributed by atoms with Crippen molar-refractivity contribution in [3.63, 3.8) is 0 Å². The predicted octanol–water partition coefficient (Wildman–Crippen LogP) is 2.38. The van der Waals surface area contributed by atoms with E-state index < -0.39 is 0 Å². The van der Waals surface area contributed by atoms with Gasteiger partial charge in [-0.3, -0.25) is 0 Å². The van der Waals surface area contributed by atoms with E-state index in [-0.39, 0.29) is 0 Å². The summed E-state index contributed by atoms with van der Waals surface area (Å²) in [6.07, 6.45) is 8.73. The minimum atomic E-state index is 1.20. The summed E-state index contributed by atoms with van der Waals surface area (Å²) < 4.78 is 1.20. The van der Waals surface area contributed by atoms with Crippen molar-refractivity contribution in [1.29, 1.82) is 0 Å². The van der Waals surface area contributed by atoms with Crippen LogP contribution in [-0.2, 0) is 0 Å². The summed E-state index contributed by atoms with van der Waals surface area (Å²) in [4.78, 5) is 0. The Morgan fingerprint density at radius 3 is 2.71 bits per heavy atom. The Morgan fingerprint density at radius 1 is 0.929 bits per heavy atom. The number of benzene rings is 1. The first-order valence-corrected chi connectivity index (χ1v) is 5.45. The molecular formula is C13H8Se. The van der Waals surface area contributed by atoms with Crippen LogP contribution in [0.2, 0.25) is 0 Å². The van der Waals surface area contributed by atoms with E-state index >= 15 is 0 Å². The number of fused-ring (bicyclic) bond motifs is 3. The molecule has 3 rings (SSSR count). The second kappa shape index (κ2) is 2.91. The molecule has 0 amide bonds. The van der Waals surface area contributed by atoms with E-state index in [1.165, 1.54) is 26.7 Å². The summed E-state index contributed by atoms with van der Waals surface area (Å²) in [5.41, 5.74) is 5.34. The van der Waals surface area contributed by atoms with E-state index in [2.05, 4.69) is 64.1 Å². The van der Waals surface area contributed by atoms with Crippen LogP contribution in [-0.4, -0.2) is 20.0 Å². The summed E-state index contributed by atoms with van der Waals surface area (Å²) in [5.74, 6) is 0. The van der Waals surface area contributed by atoms with Crippen molar-refractivity contribution in [2.75, 3.05) is 0 Å². The molecule has 0 aromatic heterocycles. The van der Waals surface area contributed by atoms with Crippen molar-refractivity contribution in [3.05, 3.63) is 59.2 Å². The fourth-order valence-electron chi connectivity index (χ4n) is 1.93. The van der Waals surface area contributed by atoms with Crippen molar-refractivity contribution >= 4 is 31.6 Å². The third kappa shape index (κ3) is 1.10. The van der Waals surface area contributed by atoms with Gasteiger partial charge in [0, 0.05) is 0 Å². The number of rotatable bonds is 0. The first-order chi connectivity index (χ1) is 6.84. The Bertz CT molecular complexity index is 516. The molecule has 0 saturated carbocycles. The van der Waals surface area contributed by atoms with E-state index in [1.807, 2.05) is 0 Å². The molecule has 1 heteroatoms. The van der Waals surface area contributed by atoms with Gasteiger partial charge in [-0.15, -0.1) is 0 Å². The summed E-state index contributed by atoms with van der Waals surface area (Å²) in [5, 5.41) is 0. The molecule has 0 saturated heterocycles. The molecule has 0 aliphatic heterocycles. The first kappa shape index (κ1) is 8.16. The summed E-state index contributed by atoms with van der Waals surface area (Å²) in [6.45, 7) is 0. The molecule has 0 N–H and O–H groups in total. The van der Waals surface area contributed by atoms with Crippen LogP contribution in [0.15, 0.2) is 48.1 Å². The van der Waals surface area contributed by atoms with Crippen molar-refractivity contribution in [2.45, 2.75) is 0 Å². The summed E-state index contributed by atoms with van der Waals surface area (Å²) in [7, 11) is 0. The van der Waals surface area contributed by atoms with Gasteiger partial charge in [0.1, 0.15) is 0 Å². The van der Waals surface area contributed by atoms with Gasteiger partial charge in [-0.05, 0) is 0 Å². The van der Waals surface area contributed by atoms with E-state index in [4.69, 9.17) is 0 Å². The van der Waals surface area contributed by atoms with Gasteiger partial charge in [-0.1, -0.05) is 0 Å². The van der Waals surface area contributed by atoms with Crippen LogP contribution in [0.5, 0.6) is 0 Å². The van der Waals surface area contributed by atoms with E-state index in [1.54, 1.807) is 0 Å². The van der Waals surface area contributed by atoms with Crippen LogP contribution in [0.25, 0.3) is 11.6 Å². The average molecular weight is 243 g/mol. The third-order valence-corrected chi connectivity index (χ3v) is 3.12. The zero-order valence-corrected chi connectivity index (χ0v) is 9.24. The molecule has 0 nitrogen and oxygen atoms in total. The second-order valence-corrected chi connectivity index (χ2v) is 4.47. The van der Waals surface area contributed by atoms with Crippen molar-refractivity contribution in [1.82, 2.24) is 0 Å². The summed E-state index contributed by atoms with van der Waals surface area (Å²) >= 11 is 3.05. The third-order valence-electron chi connectivity index (χ3n) is 2.59. The van der Waals surface area contributed by atoms with E-state index in [9.17, 15) is 0 Å². The van der Waals surface area contributed by atoms with Crippen LogP contribution in [0, 0.1) is 0 Å². The average Bonchev–Trinajstić information content (AvgIpc) is 2.56. The molecule has 0 spiro atoms. The van der Waals surface area contributed by atoms with E-state index in [0.29, 0.717) is 0 Å². The maximum atomic E-state index is 3.05. The van der Waals surface area contributed by atoms with Crippen molar-refractivity contribution < 1.29 is 0 Å². The number of hydrogen-bond donors (Lipinski definition) is 0. The molecule has 1 aromatic rings. The molecule has 66 valence electrons. The Balaban J connectivity index is 2.27. The van der Waals surface area contributed by atoms with E-state index in [0.717, 1.165) is 0 Å². The van der Waals surface area contributed by atoms with Crippen LogP contribution < -0.4 is 0 Å². The van der Waals surface area contributed by atoms with Crippen molar-refractivity contribution in [2.24, 2.45) is 0 Å². The fraction of sp³-hybridized carbons (Fsp3) is 0. The molecule has 0 atom stereocenters. The Kier molecular flexibility index (Phi) is 1.70. The van der Waals surface area contributed by atoms with Gasteiger partial charge in [0.05, 0.1) is 0 Å². The van der Waals surface area contributed by atoms with Gasteiger partial charge in [0.25, 0.3) is 0 Å². The van der Waals surface area contributed by atoms with Gasteiger partial charge in [-0.2, -0.15) is 0 Å². The molecular weight excluding hydrogens is 235 g/mol. The monoisotopic (exact) mass is 244 g/mol. The molecule has 2 aliphatic carbocycles. The zero-order chi connectivity index (χ0) is 9.54. The van der Waals surface area contributed by atoms with Crippen LogP contribution in [0.1, 0.15) is 11.1 Å². The minimum absolute atomic E-state index is 1.20. The molecule has 0 heterocycles. The molecule has 0 bridgehead atoms. The van der Waals surface area contributed by atoms with Gasteiger partial charge in [0.2, 0.25) is 0 Å².